The van der Waals surface area contributed by atoms with Crippen LogP contribution in [0.2, 0.25) is 0 Å². The average molecular weight is 277 g/mol. The Kier molecular flexibility index (Phi) is 4.78. The van der Waals surface area contributed by atoms with E-state index >= 15 is 0 Å². The Morgan fingerprint density at radius 2 is 2.29 bits per heavy atom. The fourth-order valence-electron chi connectivity index (χ4n) is 0.990. The molecule has 1 aromatic carbocycles. The number of thioether (sulfide) groups is 1. The molecule has 0 fully saturated rings. The van der Waals surface area contributed by atoms with Crippen molar-refractivity contribution in [2.24, 2.45) is 0 Å². The van der Waals surface area contributed by atoms with E-state index in [-0.39, 0.29) is 11.9 Å². The second-order valence-corrected chi connectivity index (χ2v) is 5.27. The molecule has 0 aliphatic carbocycles. The van der Waals surface area contributed by atoms with Crippen molar-refractivity contribution in [3.05, 3.63) is 22.7 Å². The van der Waals surface area contributed by atoms with Gasteiger partial charge in [-0.25, -0.2) is 0 Å². The number of benzene rings is 1. The van der Waals surface area contributed by atoms with Crippen LogP contribution in [0.4, 0.5) is 0 Å². The van der Waals surface area contributed by atoms with Crippen LogP contribution in [0, 0.1) is 0 Å². The zero-order chi connectivity index (χ0) is 10.6. The summed E-state index contributed by atoms with van der Waals surface area (Å²) in [6.07, 6.45) is 0. The molecule has 1 aromatic rings. The van der Waals surface area contributed by atoms with E-state index in [1.54, 1.807) is 18.9 Å². The molecule has 2 nitrogen and oxygen atoms in total. The summed E-state index contributed by atoms with van der Waals surface area (Å²) in [5.74, 6) is 0.825. The summed E-state index contributed by atoms with van der Waals surface area (Å²) in [6, 6.07) is 5.90. The highest BCUT2D eigenvalue weighted by Gasteiger charge is 2.05. The molecule has 1 unspecified atom stereocenters. The lowest BCUT2D eigenvalue weighted by Gasteiger charge is -2.09. The van der Waals surface area contributed by atoms with E-state index in [1.807, 2.05) is 25.1 Å². The van der Waals surface area contributed by atoms with Gasteiger partial charge in [0.25, 0.3) is 0 Å². The summed E-state index contributed by atoms with van der Waals surface area (Å²) in [5.41, 5.74) is 0. The van der Waals surface area contributed by atoms with Crippen molar-refractivity contribution in [3.8, 4) is 5.75 Å². The van der Waals surface area contributed by atoms with Gasteiger partial charge in [0.15, 0.2) is 0 Å². The van der Waals surface area contributed by atoms with Gasteiger partial charge in [0, 0.05) is 10.1 Å². The predicted molar refractivity (Wildman–Crippen MR) is 63.1 cm³/mol. The number of aliphatic hydroxyl groups excluding tert-OH is 1. The molecule has 1 rings (SSSR count). The topological polar surface area (TPSA) is 29.5 Å². The molecule has 14 heavy (non-hydrogen) atoms. The quantitative estimate of drug-likeness (QED) is 0.858. The Morgan fingerprint density at radius 1 is 1.57 bits per heavy atom. The van der Waals surface area contributed by atoms with Gasteiger partial charge >= 0.3 is 0 Å². The Bertz CT molecular complexity index is 304. The molecule has 0 bridgehead atoms. The zero-order valence-corrected chi connectivity index (χ0v) is 10.6. The van der Waals surface area contributed by atoms with Crippen LogP contribution in [-0.4, -0.2) is 24.1 Å². The van der Waals surface area contributed by atoms with Crippen molar-refractivity contribution in [1.82, 2.24) is 0 Å². The number of hydrogen-bond acceptors (Lipinski definition) is 3. The van der Waals surface area contributed by atoms with Gasteiger partial charge in [-0.3, -0.25) is 0 Å². The van der Waals surface area contributed by atoms with E-state index in [0.717, 1.165) is 15.1 Å². The van der Waals surface area contributed by atoms with E-state index in [9.17, 15) is 0 Å². The molecule has 4 heteroatoms. The van der Waals surface area contributed by atoms with E-state index in [1.165, 1.54) is 0 Å². The summed E-state index contributed by atoms with van der Waals surface area (Å²) in [7, 11) is 1.64. The molecule has 0 saturated heterocycles. The Morgan fingerprint density at radius 3 is 2.79 bits per heavy atom. The smallest absolute Gasteiger partial charge is 0.133 e. The molecular weight excluding hydrogens is 264 g/mol. The molecule has 0 saturated carbocycles. The first kappa shape index (κ1) is 11.9. The lowest BCUT2D eigenvalue weighted by Crippen LogP contribution is -2.01. The van der Waals surface area contributed by atoms with E-state index in [0.29, 0.717) is 0 Å². The summed E-state index contributed by atoms with van der Waals surface area (Å²) < 4.78 is 6.07. The normalized spacial score (nSPS) is 12.6. The van der Waals surface area contributed by atoms with Gasteiger partial charge in [-0.05, 0) is 34.1 Å². The Balaban J connectivity index is 2.76. The predicted octanol–water partition coefficient (Wildman–Crippen LogP) is 2.93. The van der Waals surface area contributed by atoms with Crippen LogP contribution in [0.1, 0.15) is 6.92 Å². The van der Waals surface area contributed by atoms with Crippen LogP contribution in [0.15, 0.2) is 27.6 Å². The highest BCUT2D eigenvalue weighted by molar-refractivity contribution is 9.10. The third-order valence-electron chi connectivity index (χ3n) is 1.72. The molecule has 0 aliphatic rings. The maximum absolute atomic E-state index is 8.91. The lowest BCUT2D eigenvalue weighted by molar-refractivity contribution is 0.300. The number of halogens is 1. The second kappa shape index (κ2) is 5.63. The van der Waals surface area contributed by atoms with Crippen LogP contribution < -0.4 is 4.74 Å². The van der Waals surface area contributed by atoms with Gasteiger partial charge in [-0.15, -0.1) is 11.8 Å². The van der Waals surface area contributed by atoms with Gasteiger partial charge in [-0.2, -0.15) is 0 Å². The van der Waals surface area contributed by atoms with Crippen LogP contribution in [-0.2, 0) is 0 Å². The van der Waals surface area contributed by atoms with Gasteiger partial charge < -0.3 is 9.84 Å². The van der Waals surface area contributed by atoms with Gasteiger partial charge in [0.1, 0.15) is 5.75 Å². The first-order valence-corrected chi connectivity index (χ1v) is 5.95. The van der Waals surface area contributed by atoms with Crippen molar-refractivity contribution in [2.45, 2.75) is 17.1 Å². The maximum atomic E-state index is 8.91. The number of rotatable bonds is 4. The second-order valence-electron chi connectivity index (χ2n) is 2.91. The van der Waals surface area contributed by atoms with E-state index in [2.05, 4.69) is 15.9 Å². The van der Waals surface area contributed by atoms with Crippen molar-refractivity contribution in [3.63, 3.8) is 0 Å². The fraction of sp³-hybridized carbons (Fsp3) is 0.400. The minimum atomic E-state index is 0.189. The van der Waals surface area contributed by atoms with Crippen LogP contribution in [0.3, 0.4) is 0 Å². The van der Waals surface area contributed by atoms with Crippen molar-refractivity contribution in [1.29, 1.82) is 0 Å². The Hall–Kier alpha value is -0.190. The van der Waals surface area contributed by atoms with Crippen LogP contribution >= 0.6 is 27.7 Å². The fourth-order valence-corrected chi connectivity index (χ4v) is 2.55. The molecule has 0 aromatic heterocycles. The molecule has 0 amide bonds. The summed E-state index contributed by atoms with van der Waals surface area (Å²) in [5, 5.41) is 9.13. The third-order valence-corrected chi connectivity index (χ3v) is 3.41. The van der Waals surface area contributed by atoms with Crippen molar-refractivity contribution >= 4 is 27.7 Å². The molecule has 0 aliphatic heterocycles. The maximum Gasteiger partial charge on any atom is 0.133 e. The zero-order valence-electron chi connectivity index (χ0n) is 8.16. The summed E-state index contributed by atoms with van der Waals surface area (Å²) >= 11 is 5.06. The minimum Gasteiger partial charge on any atom is -0.496 e. The molecule has 78 valence electrons. The van der Waals surface area contributed by atoms with Crippen molar-refractivity contribution in [2.75, 3.05) is 13.7 Å². The van der Waals surface area contributed by atoms with Crippen LogP contribution in [0.25, 0.3) is 0 Å². The van der Waals surface area contributed by atoms with E-state index in [4.69, 9.17) is 9.84 Å². The standard InChI is InChI=1S/C10H13BrO2S/c1-7(6-12)14-8-3-4-10(13-2)9(11)5-8/h3-5,7,12H,6H2,1-2H3. The molecule has 0 radical (unpaired) electrons. The van der Waals surface area contributed by atoms with Crippen molar-refractivity contribution < 1.29 is 9.84 Å². The number of hydrogen-bond donors (Lipinski definition) is 1. The number of aliphatic hydroxyl groups is 1. The highest BCUT2D eigenvalue weighted by Crippen LogP contribution is 2.31. The van der Waals surface area contributed by atoms with Gasteiger partial charge in [0.05, 0.1) is 18.2 Å². The first-order valence-electron chi connectivity index (χ1n) is 4.28. The van der Waals surface area contributed by atoms with Crippen LogP contribution in [0.5, 0.6) is 5.75 Å². The van der Waals surface area contributed by atoms with Gasteiger partial charge in [0.2, 0.25) is 0 Å². The molecule has 1 atom stereocenters. The summed E-state index contributed by atoms with van der Waals surface area (Å²) in [6.45, 7) is 2.18. The largest absolute Gasteiger partial charge is 0.496 e. The first-order chi connectivity index (χ1) is 6.67. The SMILES string of the molecule is COc1ccc(SC(C)CO)cc1Br. The van der Waals surface area contributed by atoms with Gasteiger partial charge in [-0.1, -0.05) is 6.92 Å². The molecule has 0 heterocycles. The van der Waals surface area contributed by atoms with E-state index < -0.39 is 0 Å². The molecule has 1 N–H and O–H groups in total. The average Bonchev–Trinajstić information content (AvgIpc) is 2.18. The molecule has 0 spiro atoms. The minimum absolute atomic E-state index is 0.189. The number of methoxy groups -OCH3 is 1. The Labute approximate surface area is 96.8 Å². The lowest BCUT2D eigenvalue weighted by atomic mass is 10.3. The monoisotopic (exact) mass is 276 g/mol. The highest BCUT2D eigenvalue weighted by atomic mass is 79.9. The number of ether oxygens (including phenoxy) is 1. The third kappa shape index (κ3) is 3.19. The summed E-state index contributed by atoms with van der Waals surface area (Å²) in [4.78, 5) is 1.12. The molecular formula is C10H13BrO2S.